The molecule has 1 fully saturated rings. The van der Waals surface area contributed by atoms with Crippen LogP contribution in [0.25, 0.3) is 21.8 Å². The highest BCUT2D eigenvalue weighted by atomic mass is 79.9. The average molecular weight is 436 g/mol. The number of carboxylic acids is 1. The first-order valence-corrected chi connectivity index (χ1v) is 9.55. The molecule has 0 spiro atoms. The second kappa shape index (κ2) is 6.59. The summed E-state index contributed by atoms with van der Waals surface area (Å²) in [7, 11) is 0. The number of rotatable bonds is 4. The first-order chi connectivity index (χ1) is 12.5. The van der Waals surface area contributed by atoms with Gasteiger partial charge in [0.25, 0.3) is 0 Å². The van der Waals surface area contributed by atoms with E-state index in [1.54, 1.807) is 22.8 Å². The predicted molar refractivity (Wildman–Crippen MR) is 107 cm³/mol. The molecule has 0 saturated heterocycles. The van der Waals surface area contributed by atoms with Gasteiger partial charge in [0.2, 0.25) is 0 Å². The average Bonchev–Trinajstić information content (AvgIpc) is 2.57. The van der Waals surface area contributed by atoms with E-state index in [9.17, 15) is 14.7 Å². The van der Waals surface area contributed by atoms with Crippen LogP contribution in [0.3, 0.4) is 0 Å². The molecule has 5 nitrogen and oxygen atoms in total. The molecule has 1 aliphatic carbocycles. The summed E-state index contributed by atoms with van der Waals surface area (Å²) in [5.41, 5.74) is 1.83. The topological polar surface area (TPSA) is 71.3 Å². The zero-order chi connectivity index (χ0) is 18.4. The van der Waals surface area contributed by atoms with Gasteiger partial charge in [0, 0.05) is 22.5 Å². The quantitative estimate of drug-likeness (QED) is 0.587. The van der Waals surface area contributed by atoms with Gasteiger partial charge >= 0.3 is 5.97 Å². The van der Waals surface area contributed by atoms with Crippen molar-refractivity contribution in [2.24, 2.45) is 0 Å². The van der Waals surface area contributed by atoms with Crippen molar-refractivity contribution in [3.05, 3.63) is 50.1 Å². The van der Waals surface area contributed by atoms with Crippen LogP contribution in [0.15, 0.2) is 39.6 Å². The predicted octanol–water partition coefficient (Wildman–Crippen LogP) is 4.62. The molecule has 1 saturated carbocycles. The molecule has 2 N–H and O–H groups in total. The molecule has 0 amide bonds. The van der Waals surface area contributed by atoms with E-state index in [1.807, 2.05) is 12.1 Å². The Morgan fingerprint density at radius 1 is 1.27 bits per heavy atom. The van der Waals surface area contributed by atoms with Gasteiger partial charge in [-0.05, 0) is 65.5 Å². The molecule has 1 aromatic heterocycles. The van der Waals surface area contributed by atoms with Gasteiger partial charge in [0.1, 0.15) is 6.54 Å². The number of pyridine rings is 1. The van der Waals surface area contributed by atoms with Crippen molar-refractivity contribution in [2.45, 2.75) is 31.8 Å². The number of fused-ring (bicyclic) bond motifs is 2. The smallest absolute Gasteiger partial charge is 0.323 e. The van der Waals surface area contributed by atoms with Crippen molar-refractivity contribution >= 4 is 61.0 Å². The Morgan fingerprint density at radius 2 is 2.00 bits per heavy atom. The van der Waals surface area contributed by atoms with Crippen LogP contribution in [0.4, 0.5) is 5.69 Å². The van der Waals surface area contributed by atoms with Crippen LogP contribution in [0, 0.1) is 0 Å². The zero-order valence-corrected chi connectivity index (χ0v) is 16.1. The van der Waals surface area contributed by atoms with Gasteiger partial charge in [-0.3, -0.25) is 9.59 Å². The Hall–Kier alpha value is -2.05. The lowest BCUT2D eigenvalue weighted by molar-refractivity contribution is -0.137. The molecule has 4 rings (SSSR count). The molecule has 3 aromatic rings. The minimum Gasteiger partial charge on any atom is -0.480 e. The maximum absolute atomic E-state index is 12.9. The summed E-state index contributed by atoms with van der Waals surface area (Å²) in [6.07, 6.45) is 3.46. The first kappa shape index (κ1) is 17.4. The van der Waals surface area contributed by atoms with Gasteiger partial charge in [-0.1, -0.05) is 11.6 Å². The number of aromatic nitrogens is 1. The summed E-state index contributed by atoms with van der Waals surface area (Å²) in [6.45, 7) is -0.265. The number of anilines is 1. The number of nitrogens with one attached hydrogen (secondary N) is 1. The molecular formula is C19H16BrClN2O3. The normalized spacial score (nSPS) is 14.5. The molecule has 7 heteroatoms. The van der Waals surface area contributed by atoms with Crippen LogP contribution < -0.4 is 10.7 Å². The highest BCUT2D eigenvalue weighted by Crippen LogP contribution is 2.33. The van der Waals surface area contributed by atoms with Gasteiger partial charge in [-0.25, -0.2) is 0 Å². The van der Waals surface area contributed by atoms with E-state index in [0.717, 1.165) is 18.5 Å². The summed E-state index contributed by atoms with van der Waals surface area (Å²) < 4.78 is 2.16. The van der Waals surface area contributed by atoms with Crippen LogP contribution in [-0.4, -0.2) is 21.7 Å². The summed E-state index contributed by atoms with van der Waals surface area (Å²) in [5.74, 6) is -0.986. The molecule has 2 aromatic carbocycles. The molecule has 1 aliphatic rings. The lowest BCUT2D eigenvalue weighted by atomic mass is 9.93. The molecule has 1 heterocycles. The summed E-state index contributed by atoms with van der Waals surface area (Å²) >= 11 is 9.62. The lowest BCUT2D eigenvalue weighted by Crippen LogP contribution is -2.27. The van der Waals surface area contributed by atoms with Crippen molar-refractivity contribution in [3.63, 3.8) is 0 Å². The fraction of sp³-hybridized carbons (Fsp3) is 0.263. The number of hydrogen-bond acceptors (Lipinski definition) is 3. The Kier molecular flexibility index (Phi) is 4.40. The number of benzene rings is 2. The number of aliphatic carboxylic acids is 1. The summed E-state index contributed by atoms with van der Waals surface area (Å²) in [6, 6.07) is 9.21. The molecule has 0 radical (unpaired) electrons. The first-order valence-electron chi connectivity index (χ1n) is 8.38. The third-order valence-electron chi connectivity index (χ3n) is 4.89. The van der Waals surface area contributed by atoms with Gasteiger partial charge in [-0.15, -0.1) is 0 Å². The molecular weight excluding hydrogens is 420 g/mol. The maximum Gasteiger partial charge on any atom is 0.323 e. The van der Waals surface area contributed by atoms with E-state index >= 15 is 0 Å². The zero-order valence-electron chi connectivity index (χ0n) is 13.8. The molecule has 134 valence electrons. The minimum absolute atomic E-state index is 0.135. The van der Waals surface area contributed by atoms with E-state index in [1.165, 1.54) is 6.42 Å². The van der Waals surface area contributed by atoms with Crippen molar-refractivity contribution in [3.8, 4) is 0 Å². The van der Waals surface area contributed by atoms with Crippen LogP contribution >= 0.6 is 27.5 Å². The molecule has 0 unspecified atom stereocenters. The van der Waals surface area contributed by atoms with E-state index in [0.29, 0.717) is 37.3 Å². The molecule has 0 aliphatic heterocycles. The van der Waals surface area contributed by atoms with Gasteiger partial charge in [-0.2, -0.15) is 0 Å². The number of halogens is 2. The van der Waals surface area contributed by atoms with Crippen molar-refractivity contribution in [1.29, 1.82) is 0 Å². The Labute approximate surface area is 162 Å². The largest absolute Gasteiger partial charge is 0.480 e. The Morgan fingerprint density at radius 3 is 2.65 bits per heavy atom. The van der Waals surface area contributed by atoms with Gasteiger partial charge in [0.15, 0.2) is 5.43 Å². The highest BCUT2D eigenvalue weighted by molar-refractivity contribution is 9.10. The van der Waals surface area contributed by atoms with Gasteiger partial charge in [0.05, 0.1) is 20.5 Å². The highest BCUT2D eigenvalue weighted by Gasteiger charge is 2.19. The van der Waals surface area contributed by atoms with Gasteiger partial charge < -0.3 is 15.0 Å². The third-order valence-corrected chi connectivity index (χ3v) is 6.23. The van der Waals surface area contributed by atoms with E-state index < -0.39 is 5.97 Å². The minimum atomic E-state index is -0.986. The third kappa shape index (κ3) is 2.87. The van der Waals surface area contributed by atoms with E-state index in [4.69, 9.17) is 11.6 Å². The van der Waals surface area contributed by atoms with Crippen molar-refractivity contribution in [2.75, 3.05) is 5.32 Å². The van der Waals surface area contributed by atoms with E-state index in [2.05, 4.69) is 21.2 Å². The molecule has 0 atom stereocenters. The van der Waals surface area contributed by atoms with E-state index in [-0.39, 0.29) is 12.0 Å². The second-order valence-electron chi connectivity index (χ2n) is 6.57. The molecule has 0 bridgehead atoms. The number of carboxylic acid groups (broad SMARTS) is 1. The standard InChI is InChI=1S/C19H16BrClN2O3/c20-17-14(21)7-6-13-18(17)23(9-16(24)25)15-8-11(22-10-2-1-3-10)4-5-12(15)19(13)26/h4-8,10,22H,1-3,9H2,(H,24,25). The fourth-order valence-corrected chi connectivity index (χ4v) is 4.09. The Balaban J connectivity index is 2.05. The Bertz CT molecular complexity index is 1110. The number of nitrogens with zero attached hydrogens (tertiary/aromatic N) is 1. The van der Waals surface area contributed by atoms with Crippen LogP contribution in [0.1, 0.15) is 19.3 Å². The maximum atomic E-state index is 12.9. The van der Waals surface area contributed by atoms with Crippen LogP contribution in [0.2, 0.25) is 5.02 Å². The summed E-state index contributed by atoms with van der Waals surface area (Å²) in [5, 5.41) is 14.2. The van der Waals surface area contributed by atoms with Crippen LogP contribution in [0.5, 0.6) is 0 Å². The monoisotopic (exact) mass is 434 g/mol. The molecule has 26 heavy (non-hydrogen) atoms. The summed E-state index contributed by atoms with van der Waals surface area (Å²) in [4.78, 5) is 24.4. The van der Waals surface area contributed by atoms with Crippen molar-refractivity contribution < 1.29 is 9.90 Å². The SMILES string of the molecule is O=C(O)Cn1c2cc(NC3CCC3)ccc2c(=O)c2ccc(Cl)c(Br)c21. The number of carbonyl (C=O) groups is 1. The second-order valence-corrected chi connectivity index (χ2v) is 7.77. The van der Waals surface area contributed by atoms with Crippen molar-refractivity contribution in [1.82, 2.24) is 4.57 Å². The fourth-order valence-electron chi connectivity index (χ4n) is 3.38. The lowest BCUT2D eigenvalue weighted by Gasteiger charge is -2.27. The number of hydrogen-bond donors (Lipinski definition) is 2. The van der Waals surface area contributed by atoms with Crippen LogP contribution in [-0.2, 0) is 11.3 Å².